The van der Waals surface area contributed by atoms with Gasteiger partial charge in [-0.1, -0.05) is 73.4 Å². The Labute approximate surface area is 180 Å². The SMILES string of the molecule is CC(C)Cc1sc(N(CC=N)Cc2ccccc2)nc1-c1ccc(Cl)c(Cl)c1. The van der Waals surface area contributed by atoms with Crippen molar-refractivity contribution in [3.8, 4) is 11.3 Å². The van der Waals surface area contributed by atoms with Gasteiger partial charge in [-0.3, -0.25) is 0 Å². The van der Waals surface area contributed by atoms with E-state index >= 15 is 0 Å². The lowest BCUT2D eigenvalue weighted by atomic mass is 10.0. The fourth-order valence-corrected chi connectivity index (χ4v) is 4.58. The molecule has 0 saturated heterocycles. The third-order valence-electron chi connectivity index (χ3n) is 4.27. The highest BCUT2D eigenvalue weighted by atomic mass is 35.5. The van der Waals surface area contributed by atoms with Crippen LogP contribution in [0.3, 0.4) is 0 Å². The molecule has 1 N–H and O–H groups in total. The summed E-state index contributed by atoms with van der Waals surface area (Å²) in [5, 5.41) is 9.61. The number of anilines is 1. The van der Waals surface area contributed by atoms with E-state index in [1.54, 1.807) is 11.3 Å². The van der Waals surface area contributed by atoms with Gasteiger partial charge in [0.05, 0.1) is 22.3 Å². The lowest BCUT2D eigenvalue weighted by Gasteiger charge is -2.19. The highest BCUT2D eigenvalue weighted by Crippen LogP contribution is 2.37. The van der Waals surface area contributed by atoms with E-state index in [1.165, 1.54) is 16.7 Å². The molecule has 0 amide bonds. The first-order valence-electron chi connectivity index (χ1n) is 9.21. The van der Waals surface area contributed by atoms with Crippen molar-refractivity contribution in [1.82, 2.24) is 4.98 Å². The molecule has 1 heterocycles. The number of thiazole rings is 1. The van der Waals surface area contributed by atoms with Gasteiger partial charge in [-0.15, -0.1) is 11.3 Å². The Balaban J connectivity index is 2.00. The minimum Gasteiger partial charge on any atom is -0.338 e. The maximum atomic E-state index is 7.62. The highest BCUT2D eigenvalue weighted by molar-refractivity contribution is 7.16. The summed E-state index contributed by atoms with van der Waals surface area (Å²) < 4.78 is 0. The van der Waals surface area contributed by atoms with Gasteiger partial charge in [0.1, 0.15) is 0 Å². The Morgan fingerprint density at radius 3 is 2.50 bits per heavy atom. The molecule has 0 aliphatic rings. The number of nitrogens with one attached hydrogen (secondary N) is 1. The monoisotopic (exact) mass is 431 g/mol. The van der Waals surface area contributed by atoms with Gasteiger partial charge in [0, 0.05) is 23.2 Å². The zero-order chi connectivity index (χ0) is 20.1. The van der Waals surface area contributed by atoms with Gasteiger partial charge in [0.15, 0.2) is 5.13 Å². The van der Waals surface area contributed by atoms with E-state index < -0.39 is 0 Å². The Bertz CT molecular complexity index is 938. The Morgan fingerprint density at radius 2 is 1.86 bits per heavy atom. The molecule has 0 atom stereocenters. The van der Waals surface area contributed by atoms with E-state index in [4.69, 9.17) is 33.6 Å². The third-order valence-corrected chi connectivity index (χ3v) is 6.15. The molecule has 0 spiro atoms. The van der Waals surface area contributed by atoms with Crippen LogP contribution in [-0.2, 0) is 13.0 Å². The molecule has 28 heavy (non-hydrogen) atoms. The molecule has 2 aromatic carbocycles. The Kier molecular flexibility index (Phi) is 7.11. The van der Waals surface area contributed by atoms with Crippen LogP contribution in [0.4, 0.5) is 5.13 Å². The van der Waals surface area contributed by atoms with Crippen molar-refractivity contribution in [3.63, 3.8) is 0 Å². The quantitative estimate of drug-likeness (QED) is 0.391. The number of benzene rings is 2. The predicted octanol–water partition coefficient (Wildman–Crippen LogP) is 6.97. The molecule has 0 radical (unpaired) electrons. The van der Waals surface area contributed by atoms with Crippen molar-refractivity contribution in [3.05, 3.63) is 69.0 Å². The zero-order valence-electron chi connectivity index (χ0n) is 16.0. The Hall–Kier alpha value is -1.88. The molecule has 6 heteroatoms. The minimum absolute atomic E-state index is 0.514. The molecule has 0 bridgehead atoms. The molecular formula is C22H23Cl2N3S. The number of aromatic nitrogens is 1. The van der Waals surface area contributed by atoms with Crippen molar-refractivity contribution >= 4 is 45.9 Å². The van der Waals surface area contributed by atoms with E-state index in [-0.39, 0.29) is 0 Å². The summed E-state index contributed by atoms with van der Waals surface area (Å²) >= 11 is 14.0. The van der Waals surface area contributed by atoms with Crippen LogP contribution in [0.15, 0.2) is 48.5 Å². The average molecular weight is 432 g/mol. The summed E-state index contributed by atoms with van der Waals surface area (Å²) in [6.45, 7) is 5.64. The number of hydrogen-bond acceptors (Lipinski definition) is 4. The van der Waals surface area contributed by atoms with Gasteiger partial charge in [0.25, 0.3) is 0 Å². The van der Waals surface area contributed by atoms with E-state index in [0.29, 0.717) is 29.1 Å². The van der Waals surface area contributed by atoms with Gasteiger partial charge in [-0.25, -0.2) is 4.98 Å². The molecule has 0 aliphatic carbocycles. The van der Waals surface area contributed by atoms with Crippen LogP contribution < -0.4 is 4.90 Å². The van der Waals surface area contributed by atoms with Gasteiger partial charge in [0.2, 0.25) is 0 Å². The molecule has 3 aromatic rings. The molecule has 146 valence electrons. The molecule has 3 nitrogen and oxygen atoms in total. The van der Waals surface area contributed by atoms with E-state index in [1.807, 2.05) is 36.4 Å². The van der Waals surface area contributed by atoms with Crippen molar-refractivity contribution in [2.24, 2.45) is 5.92 Å². The number of hydrogen-bond donors (Lipinski definition) is 1. The molecule has 0 saturated carbocycles. The van der Waals surface area contributed by atoms with Crippen LogP contribution in [0.25, 0.3) is 11.3 Å². The van der Waals surface area contributed by atoms with Crippen molar-refractivity contribution in [1.29, 1.82) is 5.41 Å². The summed E-state index contributed by atoms with van der Waals surface area (Å²) in [5.74, 6) is 0.514. The van der Waals surface area contributed by atoms with Crippen LogP contribution in [-0.4, -0.2) is 17.7 Å². The smallest absolute Gasteiger partial charge is 0.186 e. The third kappa shape index (κ3) is 5.13. The van der Waals surface area contributed by atoms with Crippen LogP contribution in [0.2, 0.25) is 10.0 Å². The maximum absolute atomic E-state index is 7.62. The fourth-order valence-electron chi connectivity index (χ4n) is 2.98. The van der Waals surface area contributed by atoms with Gasteiger partial charge in [-0.2, -0.15) is 0 Å². The lowest BCUT2D eigenvalue weighted by molar-refractivity contribution is 0.654. The molecule has 0 unspecified atom stereocenters. The zero-order valence-corrected chi connectivity index (χ0v) is 18.3. The number of nitrogens with zero attached hydrogens (tertiary/aromatic N) is 2. The number of rotatable bonds is 8. The molecule has 0 fully saturated rings. The maximum Gasteiger partial charge on any atom is 0.186 e. The Morgan fingerprint density at radius 1 is 1.11 bits per heavy atom. The normalized spacial score (nSPS) is 11.0. The second-order valence-corrected chi connectivity index (χ2v) is 8.94. The van der Waals surface area contributed by atoms with E-state index in [2.05, 4.69) is 30.9 Å². The van der Waals surface area contributed by atoms with E-state index in [9.17, 15) is 0 Å². The largest absolute Gasteiger partial charge is 0.338 e. The van der Waals surface area contributed by atoms with Crippen molar-refractivity contribution in [2.45, 2.75) is 26.8 Å². The van der Waals surface area contributed by atoms with Gasteiger partial charge >= 0.3 is 0 Å². The second kappa shape index (κ2) is 9.55. The minimum atomic E-state index is 0.514. The second-order valence-electron chi connectivity index (χ2n) is 7.07. The number of halogens is 2. The van der Waals surface area contributed by atoms with Crippen LogP contribution in [0.5, 0.6) is 0 Å². The van der Waals surface area contributed by atoms with Crippen molar-refractivity contribution in [2.75, 3.05) is 11.4 Å². The summed E-state index contributed by atoms with van der Waals surface area (Å²) in [4.78, 5) is 8.32. The first kappa shape index (κ1) is 20.8. The van der Waals surface area contributed by atoms with Gasteiger partial charge < -0.3 is 10.3 Å². The summed E-state index contributed by atoms with van der Waals surface area (Å²) in [6, 6.07) is 15.9. The van der Waals surface area contributed by atoms with Crippen LogP contribution >= 0.6 is 34.5 Å². The van der Waals surface area contributed by atoms with Crippen molar-refractivity contribution < 1.29 is 0 Å². The fraction of sp³-hybridized carbons (Fsp3) is 0.273. The molecular weight excluding hydrogens is 409 g/mol. The van der Waals surface area contributed by atoms with Crippen LogP contribution in [0.1, 0.15) is 24.3 Å². The first-order valence-corrected chi connectivity index (χ1v) is 10.8. The lowest BCUT2D eigenvalue weighted by Crippen LogP contribution is -2.24. The summed E-state index contributed by atoms with van der Waals surface area (Å²) in [6.07, 6.45) is 2.36. The standard InChI is InChI=1S/C22H23Cl2N3S/c1-15(2)12-20-21(17-8-9-18(23)19(24)13-17)26-22(28-20)27(11-10-25)14-16-6-4-3-5-7-16/h3-10,13,15,25H,11-12,14H2,1-2H3. The van der Waals surface area contributed by atoms with E-state index in [0.717, 1.165) is 22.8 Å². The van der Waals surface area contributed by atoms with Gasteiger partial charge in [-0.05, 0) is 30.0 Å². The van der Waals surface area contributed by atoms with Crippen LogP contribution in [0, 0.1) is 11.3 Å². The summed E-state index contributed by atoms with van der Waals surface area (Å²) in [5.41, 5.74) is 3.12. The highest BCUT2D eigenvalue weighted by Gasteiger charge is 2.19. The molecule has 0 aliphatic heterocycles. The topological polar surface area (TPSA) is 40.0 Å². The molecule has 1 aromatic heterocycles. The average Bonchev–Trinajstić information content (AvgIpc) is 3.07. The first-order chi connectivity index (χ1) is 13.5. The summed E-state index contributed by atoms with van der Waals surface area (Å²) in [7, 11) is 0. The molecule has 3 rings (SSSR count). The predicted molar refractivity (Wildman–Crippen MR) is 122 cm³/mol.